The van der Waals surface area contributed by atoms with Gasteiger partial charge in [0.25, 0.3) is 0 Å². The number of amides is 1. The Morgan fingerprint density at radius 2 is 2.06 bits per heavy atom. The van der Waals surface area contributed by atoms with E-state index in [1.165, 1.54) is 0 Å². The number of halogens is 2. The lowest BCUT2D eigenvalue weighted by Gasteiger charge is -2.21. The Kier molecular flexibility index (Phi) is 7.96. The second kappa shape index (κ2) is 8.34. The molecular weight excluding hydrogens is 259 g/mol. The van der Waals surface area contributed by atoms with Crippen LogP contribution in [0, 0.1) is 0 Å². The van der Waals surface area contributed by atoms with E-state index < -0.39 is 0 Å². The largest absolute Gasteiger partial charge is 0.339 e. The summed E-state index contributed by atoms with van der Waals surface area (Å²) < 4.78 is 0. The molecule has 3 nitrogen and oxygen atoms in total. The van der Waals surface area contributed by atoms with Gasteiger partial charge in [-0.3, -0.25) is 4.79 Å². The highest BCUT2D eigenvalue weighted by Gasteiger charge is 2.12. The summed E-state index contributed by atoms with van der Waals surface area (Å²) in [4.78, 5) is 13.5. The number of benzene rings is 1. The molecule has 1 aromatic carbocycles. The number of carbonyl (C=O) groups excluding carboxylic acids is 1. The van der Waals surface area contributed by atoms with Gasteiger partial charge >= 0.3 is 0 Å². The van der Waals surface area contributed by atoms with E-state index in [4.69, 9.17) is 17.3 Å². The number of rotatable bonds is 5. The summed E-state index contributed by atoms with van der Waals surface area (Å²) in [6, 6.07) is 7.56. The molecule has 0 fully saturated rings. The van der Waals surface area contributed by atoms with Gasteiger partial charge in [0.1, 0.15) is 0 Å². The minimum absolute atomic E-state index is 0. The fourth-order valence-electron chi connectivity index (χ4n) is 1.49. The van der Waals surface area contributed by atoms with Gasteiger partial charge in [-0.1, -0.05) is 29.8 Å². The molecule has 0 bridgehead atoms. The summed E-state index contributed by atoms with van der Waals surface area (Å²) >= 11 is 6.04. The van der Waals surface area contributed by atoms with Crippen molar-refractivity contribution in [3.05, 3.63) is 34.9 Å². The van der Waals surface area contributed by atoms with Gasteiger partial charge in [0.2, 0.25) is 5.91 Å². The Morgan fingerprint density at radius 3 is 2.59 bits per heavy atom. The first-order valence-electron chi connectivity index (χ1n) is 5.40. The number of hydrogen-bond acceptors (Lipinski definition) is 2. The van der Waals surface area contributed by atoms with Crippen LogP contribution in [-0.2, 0) is 11.3 Å². The van der Waals surface area contributed by atoms with Gasteiger partial charge in [-0.25, -0.2) is 0 Å². The van der Waals surface area contributed by atoms with E-state index >= 15 is 0 Å². The number of nitrogens with zero attached hydrogens (tertiary/aromatic N) is 1. The van der Waals surface area contributed by atoms with E-state index in [1.807, 2.05) is 31.2 Å². The number of hydrogen-bond donors (Lipinski definition) is 1. The third-order valence-electron chi connectivity index (χ3n) is 2.41. The van der Waals surface area contributed by atoms with Gasteiger partial charge in [-0.15, -0.1) is 12.4 Å². The highest BCUT2D eigenvalue weighted by atomic mass is 35.5. The van der Waals surface area contributed by atoms with Crippen molar-refractivity contribution < 1.29 is 4.79 Å². The van der Waals surface area contributed by atoms with Crippen LogP contribution >= 0.6 is 24.0 Å². The summed E-state index contributed by atoms with van der Waals surface area (Å²) in [6.45, 7) is 3.56. The van der Waals surface area contributed by atoms with Crippen molar-refractivity contribution in [2.75, 3.05) is 13.1 Å². The molecule has 1 amide bonds. The van der Waals surface area contributed by atoms with Crippen molar-refractivity contribution in [2.45, 2.75) is 19.9 Å². The molecule has 0 saturated heterocycles. The van der Waals surface area contributed by atoms with Crippen LogP contribution in [0.15, 0.2) is 24.3 Å². The topological polar surface area (TPSA) is 46.3 Å². The Morgan fingerprint density at radius 1 is 1.41 bits per heavy atom. The molecule has 96 valence electrons. The van der Waals surface area contributed by atoms with Crippen LogP contribution in [0.25, 0.3) is 0 Å². The van der Waals surface area contributed by atoms with E-state index in [-0.39, 0.29) is 18.3 Å². The Bertz CT molecular complexity index is 358. The first-order valence-corrected chi connectivity index (χ1v) is 5.78. The van der Waals surface area contributed by atoms with Crippen LogP contribution in [-0.4, -0.2) is 23.9 Å². The van der Waals surface area contributed by atoms with Crippen LogP contribution in [0.2, 0.25) is 5.02 Å². The molecule has 0 atom stereocenters. The standard InChI is InChI=1S/C12H17ClN2O.ClH/c1-2-15(12(16)7-8-14)9-10-5-3-4-6-11(10)13;/h3-6H,2,7-9,14H2,1H3;1H. The first kappa shape index (κ1) is 16.2. The number of carbonyl (C=O) groups is 1. The van der Waals surface area contributed by atoms with E-state index in [1.54, 1.807) is 4.90 Å². The lowest BCUT2D eigenvalue weighted by Crippen LogP contribution is -2.31. The van der Waals surface area contributed by atoms with Crippen LogP contribution in [0.3, 0.4) is 0 Å². The van der Waals surface area contributed by atoms with Crippen molar-refractivity contribution in [1.82, 2.24) is 4.90 Å². The summed E-state index contributed by atoms with van der Waals surface area (Å²) in [6.07, 6.45) is 0.387. The average molecular weight is 277 g/mol. The maximum Gasteiger partial charge on any atom is 0.224 e. The molecular formula is C12H18Cl2N2O. The molecule has 1 rings (SSSR count). The van der Waals surface area contributed by atoms with Crippen molar-refractivity contribution in [1.29, 1.82) is 0 Å². The second-order valence-electron chi connectivity index (χ2n) is 3.54. The monoisotopic (exact) mass is 276 g/mol. The van der Waals surface area contributed by atoms with Crippen molar-refractivity contribution in [2.24, 2.45) is 5.73 Å². The predicted molar refractivity (Wildman–Crippen MR) is 73.5 cm³/mol. The molecule has 17 heavy (non-hydrogen) atoms. The highest BCUT2D eigenvalue weighted by Crippen LogP contribution is 2.17. The molecule has 0 heterocycles. The van der Waals surface area contributed by atoms with Gasteiger partial charge in [-0.2, -0.15) is 0 Å². The SMILES string of the molecule is CCN(Cc1ccccc1Cl)C(=O)CCN.Cl. The second-order valence-corrected chi connectivity index (χ2v) is 3.95. The molecule has 2 N–H and O–H groups in total. The van der Waals surface area contributed by atoms with Gasteiger partial charge in [0.15, 0.2) is 0 Å². The molecule has 0 unspecified atom stereocenters. The van der Waals surface area contributed by atoms with E-state index in [0.29, 0.717) is 31.1 Å². The summed E-state index contributed by atoms with van der Waals surface area (Å²) in [5.74, 6) is 0.0740. The molecule has 0 aliphatic heterocycles. The first-order chi connectivity index (χ1) is 7.69. The smallest absolute Gasteiger partial charge is 0.224 e. The fraction of sp³-hybridized carbons (Fsp3) is 0.417. The molecule has 1 aromatic rings. The third kappa shape index (κ3) is 4.94. The molecule has 0 saturated carbocycles. The number of nitrogens with two attached hydrogens (primary N) is 1. The van der Waals surface area contributed by atoms with Gasteiger partial charge in [0.05, 0.1) is 0 Å². The quantitative estimate of drug-likeness (QED) is 0.898. The molecule has 0 radical (unpaired) electrons. The molecule has 0 spiro atoms. The van der Waals surface area contributed by atoms with Gasteiger partial charge in [-0.05, 0) is 18.6 Å². The normalized spacial score (nSPS) is 9.59. The van der Waals surface area contributed by atoms with Gasteiger partial charge in [0, 0.05) is 31.1 Å². The summed E-state index contributed by atoms with van der Waals surface area (Å²) in [5, 5.41) is 0.696. The minimum atomic E-state index is 0. The van der Waals surface area contributed by atoms with Crippen molar-refractivity contribution >= 4 is 29.9 Å². The van der Waals surface area contributed by atoms with E-state index in [9.17, 15) is 4.79 Å². The zero-order valence-corrected chi connectivity index (χ0v) is 11.4. The maximum atomic E-state index is 11.7. The summed E-state index contributed by atoms with van der Waals surface area (Å²) in [5.41, 5.74) is 6.34. The van der Waals surface area contributed by atoms with Crippen LogP contribution < -0.4 is 5.73 Å². The Labute approximate surface area is 113 Å². The predicted octanol–water partition coefficient (Wildman–Crippen LogP) is 2.46. The van der Waals surface area contributed by atoms with E-state index in [2.05, 4.69) is 0 Å². The van der Waals surface area contributed by atoms with Crippen molar-refractivity contribution in [3.8, 4) is 0 Å². The van der Waals surface area contributed by atoms with Crippen molar-refractivity contribution in [3.63, 3.8) is 0 Å². The van der Waals surface area contributed by atoms with Crippen LogP contribution in [0.5, 0.6) is 0 Å². The Hall–Kier alpha value is -0.770. The molecule has 0 aromatic heterocycles. The summed E-state index contributed by atoms with van der Waals surface area (Å²) in [7, 11) is 0. The lowest BCUT2D eigenvalue weighted by molar-refractivity contribution is -0.131. The molecule has 0 aliphatic rings. The van der Waals surface area contributed by atoms with E-state index in [0.717, 1.165) is 5.56 Å². The minimum Gasteiger partial charge on any atom is -0.339 e. The third-order valence-corrected chi connectivity index (χ3v) is 2.78. The highest BCUT2D eigenvalue weighted by molar-refractivity contribution is 6.31. The zero-order valence-electron chi connectivity index (χ0n) is 9.86. The molecule has 0 aliphatic carbocycles. The average Bonchev–Trinajstić information content (AvgIpc) is 2.28. The van der Waals surface area contributed by atoms with Gasteiger partial charge < -0.3 is 10.6 Å². The van der Waals surface area contributed by atoms with Crippen LogP contribution in [0.1, 0.15) is 18.9 Å². The Balaban J connectivity index is 0.00000256. The zero-order chi connectivity index (χ0) is 12.0. The lowest BCUT2D eigenvalue weighted by atomic mass is 10.2. The maximum absolute atomic E-state index is 11.7. The molecule has 5 heteroatoms. The fourth-order valence-corrected chi connectivity index (χ4v) is 1.69. The van der Waals surface area contributed by atoms with Crippen LogP contribution in [0.4, 0.5) is 0 Å².